The first-order valence-electron chi connectivity index (χ1n) is 6.57. The molecule has 1 N–H and O–H groups in total. The molecule has 1 aromatic carbocycles. The fourth-order valence-corrected chi connectivity index (χ4v) is 1.20. The van der Waals surface area contributed by atoms with Gasteiger partial charge in [0.15, 0.2) is 0 Å². The van der Waals surface area contributed by atoms with Crippen molar-refractivity contribution in [2.24, 2.45) is 0 Å². The first kappa shape index (κ1) is 18.1. The molecule has 0 saturated heterocycles. The molecule has 0 aromatic heterocycles. The van der Waals surface area contributed by atoms with E-state index in [1.807, 2.05) is 45.9 Å². The molecule has 2 nitrogen and oxygen atoms in total. The van der Waals surface area contributed by atoms with Crippen LogP contribution in [0.2, 0.25) is 0 Å². The number of hydrogen-bond donors (Lipinski definition) is 1. The van der Waals surface area contributed by atoms with Crippen LogP contribution in [0.3, 0.4) is 0 Å². The van der Waals surface area contributed by atoms with Crippen molar-refractivity contribution in [2.45, 2.75) is 47.5 Å². The Morgan fingerprint density at radius 1 is 1.06 bits per heavy atom. The Bertz CT molecular complexity index is 257. The van der Waals surface area contributed by atoms with Crippen molar-refractivity contribution in [3.8, 4) is 0 Å². The third-order valence-corrected chi connectivity index (χ3v) is 1.86. The van der Waals surface area contributed by atoms with Gasteiger partial charge in [0, 0.05) is 13.5 Å². The van der Waals surface area contributed by atoms with Gasteiger partial charge < -0.3 is 5.32 Å². The average molecular weight is 237 g/mol. The van der Waals surface area contributed by atoms with Gasteiger partial charge in [0.2, 0.25) is 5.91 Å². The van der Waals surface area contributed by atoms with E-state index in [-0.39, 0.29) is 5.91 Å². The summed E-state index contributed by atoms with van der Waals surface area (Å²) in [6.07, 6.45) is 2.03. The van der Waals surface area contributed by atoms with Crippen LogP contribution < -0.4 is 5.32 Å². The molecule has 0 spiro atoms. The zero-order chi connectivity index (χ0) is 13.5. The molecule has 1 amide bonds. The third kappa shape index (κ3) is 12.6. The minimum absolute atomic E-state index is 0.0491. The fourth-order valence-electron chi connectivity index (χ4n) is 1.20. The molecule has 0 radical (unpaired) electrons. The van der Waals surface area contributed by atoms with Gasteiger partial charge in [0.05, 0.1) is 0 Å². The van der Waals surface area contributed by atoms with Crippen LogP contribution in [0.4, 0.5) is 0 Å². The van der Waals surface area contributed by atoms with Gasteiger partial charge in [-0.05, 0) is 18.4 Å². The third-order valence-electron chi connectivity index (χ3n) is 1.86. The zero-order valence-corrected chi connectivity index (χ0v) is 11.9. The van der Waals surface area contributed by atoms with Crippen LogP contribution in [-0.2, 0) is 11.2 Å². The lowest BCUT2D eigenvalue weighted by Crippen LogP contribution is -2.21. The molecule has 17 heavy (non-hydrogen) atoms. The van der Waals surface area contributed by atoms with E-state index >= 15 is 0 Å². The quantitative estimate of drug-likeness (QED) is 0.793. The van der Waals surface area contributed by atoms with Gasteiger partial charge in [-0.25, -0.2) is 0 Å². The van der Waals surface area contributed by atoms with Gasteiger partial charge in [-0.3, -0.25) is 4.79 Å². The van der Waals surface area contributed by atoms with E-state index in [0.29, 0.717) is 0 Å². The van der Waals surface area contributed by atoms with Crippen molar-refractivity contribution in [3.63, 3.8) is 0 Å². The maximum absolute atomic E-state index is 10.5. The number of aryl methyl sites for hydroxylation is 1. The SMILES string of the molecule is CC.CC.CC(=O)NCCCc1ccccc1. The molecule has 0 aliphatic carbocycles. The highest BCUT2D eigenvalue weighted by Gasteiger charge is 1.92. The summed E-state index contributed by atoms with van der Waals surface area (Å²) in [4.78, 5) is 10.5. The summed E-state index contributed by atoms with van der Waals surface area (Å²) >= 11 is 0. The average Bonchev–Trinajstić information content (AvgIpc) is 2.40. The monoisotopic (exact) mass is 237 g/mol. The van der Waals surface area contributed by atoms with Gasteiger partial charge in [0.25, 0.3) is 0 Å². The fraction of sp³-hybridized carbons (Fsp3) is 0.533. The Labute approximate surface area is 106 Å². The number of rotatable bonds is 4. The first-order valence-corrected chi connectivity index (χ1v) is 6.57. The van der Waals surface area contributed by atoms with Gasteiger partial charge in [-0.2, -0.15) is 0 Å². The molecule has 98 valence electrons. The highest BCUT2D eigenvalue weighted by molar-refractivity contribution is 5.72. The van der Waals surface area contributed by atoms with Gasteiger partial charge >= 0.3 is 0 Å². The molecule has 1 aromatic rings. The summed E-state index contributed by atoms with van der Waals surface area (Å²) < 4.78 is 0. The van der Waals surface area contributed by atoms with E-state index in [9.17, 15) is 4.79 Å². The summed E-state index contributed by atoms with van der Waals surface area (Å²) in [6, 6.07) is 10.3. The van der Waals surface area contributed by atoms with Gasteiger partial charge in [0.1, 0.15) is 0 Å². The van der Waals surface area contributed by atoms with Gasteiger partial charge in [-0.15, -0.1) is 0 Å². The second-order valence-electron chi connectivity index (χ2n) is 3.07. The smallest absolute Gasteiger partial charge is 0.216 e. The Kier molecular flexibility index (Phi) is 15.6. The van der Waals surface area contributed by atoms with E-state index in [2.05, 4.69) is 17.4 Å². The highest BCUT2D eigenvalue weighted by Crippen LogP contribution is 2.01. The number of amides is 1. The van der Waals surface area contributed by atoms with E-state index in [1.54, 1.807) is 6.92 Å². The van der Waals surface area contributed by atoms with Crippen LogP contribution in [0, 0.1) is 0 Å². The normalized spacial score (nSPS) is 8.06. The van der Waals surface area contributed by atoms with E-state index in [1.165, 1.54) is 5.56 Å². The lowest BCUT2D eigenvalue weighted by atomic mass is 10.1. The van der Waals surface area contributed by atoms with E-state index in [0.717, 1.165) is 19.4 Å². The van der Waals surface area contributed by atoms with Crippen molar-refractivity contribution in [1.29, 1.82) is 0 Å². The predicted octanol–water partition coefficient (Wildman–Crippen LogP) is 3.81. The molecule has 0 fully saturated rings. The standard InChI is InChI=1S/C11H15NO.2C2H6/c1-10(13)12-9-5-8-11-6-3-2-4-7-11;2*1-2/h2-4,6-7H,5,8-9H2,1H3,(H,12,13);2*1-2H3. The Hall–Kier alpha value is -1.31. The van der Waals surface area contributed by atoms with Crippen molar-refractivity contribution in [2.75, 3.05) is 6.54 Å². The van der Waals surface area contributed by atoms with E-state index in [4.69, 9.17) is 0 Å². The van der Waals surface area contributed by atoms with Crippen molar-refractivity contribution >= 4 is 5.91 Å². The molecule has 0 bridgehead atoms. The Morgan fingerprint density at radius 3 is 2.06 bits per heavy atom. The first-order chi connectivity index (χ1) is 8.29. The maximum atomic E-state index is 10.5. The molecule has 1 rings (SSSR count). The van der Waals surface area contributed by atoms with E-state index < -0.39 is 0 Å². The summed E-state index contributed by atoms with van der Waals surface area (Å²) in [7, 11) is 0. The molecule has 0 unspecified atom stereocenters. The van der Waals surface area contributed by atoms with Crippen LogP contribution >= 0.6 is 0 Å². The van der Waals surface area contributed by atoms with Crippen LogP contribution in [0.15, 0.2) is 30.3 Å². The summed E-state index contributed by atoms with van der Waals surface area (Å²) in [5.41, 5.74) is 1.33. The number of benzene rings is 1. The minimum Gasteiger partial charge on any atom is -0.356 e. The molecular formula is C15H27NO. The summed E-state index contributed by atoms with van der Waals surface area (Å²) in [5, 5.41) is 2.78. The highest BCUT2D eigenvalue weighted by atomic mass is 16.1. The molecule has 0 heterocycles. The minimum atomic E-state index is 0.0491. The van der Waals surface area contributed by atoms with Crippen molar-refractivity contribution < 1.29 is 4.79 Å². The van der Waals surface area contributed by atoms with Crippen LogP contribution in [0.5, 0.6) is 0 Å². The topological polar surface area (TPSA) is 29.1 Å². The number of carbonyl (C=O) groups excluding carboxylic acids is 1. The molecule has 0 saturated carbocycles. The molecule has 0 atom stereocenters. The van der Waals surface area contributed by atoms with Crippen LogP contribution in [-0.4, -0.2) is 12.5 Å². The van der Waals surface area contributed by atoms with Crippen molar-refractivity contribution in [1.82, 2.24) is 5.32 Å². The largest absolute Gasteiger partial charge is 0.356 e. The molecule has 2 heteroatoms. The van der Waals surface area contributed by atoms with Crippen LogP contribution in [0.25, 0.3) is 0 Å². The lowest BCUT2D eigenvalue weighted by Gasteiger charge is -2.01. The molecular weight excluding hydrogens is 210 g/mol. The second kappa shape index (κ2) is 14.7. The van der Waals surface area contributed by atoms with Crippen molar-refractivity contribution in [3.05, 3.63) is 35.9 Å². The number of hydrogen-bond acceptors (Lipinski definition) is 1. The lowest BCUT2D eigenvalue weighted by molar-refractivity contribution is -0.118. The maximum Gasteiger partial charge on any atom is 0.216 e. The van der Waals surface area contributed by atoms with Crippen LogP contribution in [0.1, 0.15) is 46.6 Å². The summed E-state index contributed by atoms with van der Waals surface area (Å²) in [5.74, 6) is 0.0491. The second-order valence-corrected chi connectivity index (χ2v) is 3.07. The molecule has 0 aliphatic rings. The van der Waals surface area contributed by atoms with Gasteiger partial charge in [-0.1, -0.05) is 58.0 Å². The zero-order valence-electron chi connectivity index (χ0n) is 11.9. The number of nitrogens with one attached hydrogen (secondary N) is 1. The number of carbonyl (C=O) groups is 1. The summed E-state index contributed by atoms with van der Waals surface area (Å²) in [6.45, 7) is 10.3. The Morgan fingerprint density at radius 2 is 1.59 bits per heavy atom. The Balaban J connectivity index is 0. The molecule has 0 aliphatic heterocycles. The predicted molar refractivity (Wildman–Crippen MR) is 76.1 cm³/mol.